The first-order valence-electron chi connectivity index (χ1n) is 12.1. The third-order valence-electron chi connectivity index (χ3n) is 7.39. The number of amides is 1. The molecule has 0 bridgehead atoms. The van der Waals surface area contributed by atoms with Crippen molar-refractivity contribution in [2.45, 2.75) is 57.5 Å². The van der Waals surface area contributed by atoms with Crippen LogP contribution in [-0.2, 0) is 16.1 Å². The van der Waals surface area contributed by atoms with Gasteiger partial charge in [0.15, 0.2) is 0 Å². The highest BCUT2D eigenvalue weighted by atomic mass is 16.7. The largest absolute Gasteiger partial charge is 0.462 e. The van der Waals surface area contributed by atoms with E-state index in [1.54, 1.807) is 7.11 Å². The van der Waals surface area contributed by atoms with Gasteiger partial charge in [0, 0.05) is 56.8 Å². The Labute approximate surface area is 196 Å². The zero-order valence-electron chi connectivity index (χ0n) is 19.7. The van der Waals surface area contributed by atoms with Crippen molar-refractivity contribution in [2.75, 3.05) is 33.4 Å². The van der Waals surface area contributed by atoms with E-state index in [9.17, 15) is 4.79 Å². The van der Waals surface area contributed by atoms with Gasteiger partial charge in [-0.2, -0.15) is 0 Å². The van der Waals surface area contributed by atoms with Crippen molar-refractivity contribution in [2.24, 2.45) is 0 Å². The molecule has 1 saturated carbocycles. The molecule has 1 saturated heterocycles. The monoisotopic (exact) mass is 450 g/mol. The minimum Gasteiger partial charge on any atom is -0.462 e. The predicted molar refractivity (Wildman–Crippen MR) is 127 cm³/mol. The fourth-order valence-corrected chi connectivity index (χ4v) is 5.10. The summed E-state index contributed by atoms with van der Waals surface area (Å²) in [5.41, 5.74) is 4.90. The van der Waals surface area contributed by atoms with Gasteiger partial charge >= 0.3 is 0 Å². The first kappa shape index (κ1) is 22.4. The van der Waals surface area contributed by atoms with Crippen molar-refractivity contribution in [3.63, 3.8) is 0 Å². The number of nitrogens with zero attached hydrogens (tertiary/aromatic N) is 1. The number of rotatable bonds is 6. The summed E-state index contributed by atoms with van der Waals surface area (Å²) in [6.07, 6.45) is 5.92. The van der Waals surface area contributed by atoms with Gasteiger partial charge in [0.25, 0.3) is 5.91 Å². The predicted octanol–water partition coefficient (Wildman–Crippen LogP) is 4.29. The molecule has 2 aromatic carbocycles. The third-order valence-corrected chi connectivity index (χ3v) is 7.39. The van der Waals surface area contributed by atoms with E-state index in [4.69, 9.17) is 14.2 Å². The molecule has 33 heavy (non-hydrogen) atoms. The molecule has 1 N–H and O–H groups in total. The van der Waals surface area contributed by atoms with Crippen LogP contribution in [0.5, 0.6) is 5.75 Å². The van der Waals surface area contributed by atoms with E-state index in [0.29, 0.717) is 25.3 Å². The van der Waals surface area contributed by atoms with Gasteiger partial charge in [0.2, 0.25) is 5.79 Å². The standard InChI is InChI=1S/C27H34N2O4/c1-19-16-20(6-8-24(19)26(30)28-12-15-31-2)21-7-9-25-22(17-21)18-32-27(33-25)10-13-29(14-11-27)23-4-3-5-23/h6-9,16-17,23H,3-5,10-15,18H2,1-2H3,(H,28,30). The number of likely N-dealkylation sites (tertiary alicyclic amines) is 1. The molecule has 176 valence electrons. The molecule has 0 atom stereocenters. The number of aryl methyl sites for hydroxylation is 1. The summed E-state index contributed by atoms with van der Waals surface area (Å²) in [7, 11) is 1.62. The Morgan fingerprint density at radius 2 is 1.91 bits per heavy atom. The first-order valence-corrected chi connectivity index (χ1v) is 12.1. The van der Waals surface area contributed by atoms with Crippen LogP contribution in [0.3, 0.4) is 0 Å². The smallest absolute Gasteiger partial charge is 0.251 e. The second-order valence-electron chi connectivity index (χ2n) is 9.52. The summed E-state index contributed by atoms with van der Waals surface area (Å²) in [4.78, 5) is 15.0. The number of methoxy groups -OCH3 is 1. The normalized spacial score (nSPS) is 20.1. The maximum absolute atomic E-state index is 12.4. The number of carbonyl (C=O) groups excluding carboxylic acids is 1. The Morgan fingerprint density at radius 1 is 1.15 bits per heavy atom. The Balaban J connectivity index is 1.26. The topological polar surface area (TPSA) is 60.0 Å². The molecule has 2 aromatic rings. The van der Waals surface area contributed by atoms with Gasteiger partial charge < -0.3 is 19.5 Å². The molecule has 2 heterocycles. The molecule has 1 aliphatic carbocycles. The SMILES string of the molecule is COCCNC(=O)c1ccc(-c2ccc3c(c2)COC2(CCN(C4CCC4)CC2)O3)cc1C. The molecule has 1 amide bonds. The van der Waals surface area contributed by atoms with Gasteiger partial charge in [0.05, 0.1) is 13.2 Å². The lowest BCUT2D eigenvalue weighted by molar-refractivity contribution is -0.231. The zero-order chi connectivity index (χ0) is 22.8. The van der Waals surface area contributed by atoms with Crippen LogP contribution in [0, 0.1) is 6.92 Å². The van der Waals surface area contributed by atoms with Gasteiger partial charge in [-0.25, -0.2) is 0 Å². The zero-order valence-corrected chi connectivity index (χ0v) is 19.7. The molecule has 2 aliphatic heterocycles. The maximum atomic E-state index is 12.4. The van der Waals surface area contributed by atoms with E-state index < -0.39 is 5.79 Å². The van der Waals surface area contributed by atoms with Crippen molar-refractivity contribution in [1.82, 2.24) is 10.2 Å². The van der Waals surface area contributed by atoms with Gasteiger partial charge in [-0.1, -0.05) is 24.6 Å². The molecule has 2 fully saturated rings. The number of fused-ring (bicyclic) bond motifs is 1. The molecule has 6 nitrogen and oxygen atoms in total. The van der Waals surface area contributed by atoms with Crippen LogP contribution >= 0.6 is 0 Å². The third kappa shape index (κ3) is 4.65. The van der Waals surface area contributed by atoms with E-state index >= 15 is 0 Å². The molecule has 3 aliphatic rings. The molecule has 0 aromatic heterocycles. The summed E-state index contributed by atoms with van der Waals surface area (Å²) >= 11 is 0. The second kappa shape index (κ2) is 9.45. The average molecular weight is 451 g/mol. The lowest BCUT2D eigenvalue weighted by atomic mass is 9.89. The molecular weight excluding hydrogens is 416 g/mol. The van der Waals surface area contributed by atoms with E-state index in [0.717, 1.165) is 60.0 Å². The summed E-state index contributed by atoms with van der Waals surface area (Å²) < 4.78 is 17.8. The van der Waals surface area contributed by atoms with Crippen LogP contribution in [0.4, 0.5) is 0 Å². The van der Waals surface area contributed by atoms with Crippen molar-refractivity contribution in [1.29, 1.82) is 0 Å². The fourth-order valence-electron chi connectivity index (χ4n) is 5.10. The van der Waals surface area contributed by atoms with E-state index in [1.807, 2.05) is 19.1 Å². The van der Waals surface area contributed by atoms with Crippen LogP contribution in [0.15, 0.2) is 36.4 Å². The minimum atomic E-state index is -0.469. The van der Waals surface area contributed by atoms with Crippen molar-refractivity contribution < 1.29 is 19.0 Å². The van der Waals surface area contributed by atoms with Crippen LogP contribution in [0.25, 0.3) is 11.1 Å². The van der Waals surface area contributed by atoms with Crippen molar-refractivity contribution in [3.05, 3.63) is 53.1 Å². The molecular formula is C27H34N2O4. The van der Waals surface area contributed by atoms with Crippen molar-refractivity contribution >= 4 is 5.91 Å². The second-order valence-corrected chi connectivity index (χ2v) is 9.52. The van der Waals surface area contributed by atoms with Gasteiger partial charge in [-0.05, 0) is 54.7 Å². The number of hydrogen-bond donors (Lipinski definition) is 1. The Morgan fingerprint density at radius 3 is 2.61 bits per heavy atom. The van der Waals surface area contributed by atoms with Gasteiger partial charge in [0.1, 0.15) is 5.75 Å². The van der Waals surface area contributed by atoms with E-state index in [-0.39, 0.29) is 5.91 Å². The summed E-state index contributed by atoms with van der Waals surface area (Å²) in [6.45, 7) is 5.67. The number of carbonyl (C=O) groups is 1. The summed E-state index contributed by atoms with van der Waals surface area (Å²) in [5, 5.41) is 2.88. The fraction of sp³-hybridized carbons (Fsp3) is 0.519. The van der Waals surface area contributed by atoms with Gasteiger partial charge in [-0.3, -0.25) is 9.69 Å². The number of nitrogens with one attached hydrogen (secondary N) is 1. The van der Waals surface area contributed by atoms with Crippen LogP contribution < -0.4 is 10.1 Å². The van der Waals surface area contributed by atoms with Gasteiger partial charge in [-0.15, -0.1) is 0 Å². The first-order chi connectivity index (χ1) is 16.1. The Hall–Kier alpha value is -2.41. The minimum absolute atomic E-state index is 0.0722. The molecule has 0 unspecified atom stereocenters. The van der Waals surface area contributed by atoms with E-state index in [1.165, 1.54) is 19.3 Å². The number of ether oxygens (including phenoxy) is 3. The van der Waals surface area contributed by atoms with Crippen LogP contribution in [-0.4, -0.2) is 56.0 Å². The molecule has 1 spiro atoms. The maximum Gasteiger partial charge on any atom is 0.251 e. The lowest BCUT2D eigenvalue weighted by Gasteiger charge is -2.47. The summed E-state index contributed by atoms with van der Waals surface area (Å²) in [5.74, 6) is 0.397. The average Bonchev–Trinajstić information content (AvgIpc) is 2.79. The highest BCUT2D eigenvalue weighted by Gasteiger charge is 2.42. The lowest BCUT2D eigenvalue weighted by Crippen LogP contribution is -2.54. The highest BCUT2D eigenvalue weighted by Crippen LogP contribution is 2.40. The number of piperidine rings is 1. The Bertz CT molecular complexity index is 1010. The van der Waals surface area contributed by atoms with Crippen molar-refractivity contribution in [3.8, 4) is 16.9 Å². The number of hydrogen-bond acceptors (Lipinski definition) is 5. The van der Waals surface area contributed by atoms with E-state index in [2.05, 4.69) is 34.5 Å². The molecule has 5 rings (SSSR count). The summed E-state index contributed by atoms with van der Waals surface area (Å²) in [6, 6.07) is 13.1. The number of benzene rings is 2. The highest BCUT2D eigenvalue weighted by molar-refractivity contribution is 5.96. The molecule has 6 heteroatoms. The quantitative estimate of drug-likeness (QED) is 0.666. The Kier molecular flexibility index (Phi) is 6.41. The van der Waals surface area contributed by atoms with Crippen LogP contribution in [0.1, 0.15) is 53.6 Å². The van der Waals surface area contributed by atoms with Crippen LogP contribution in [0.2, 0.25) is 0 Å². The molecule has 0 radical (unpaired) electrons.